The molecule has 0 saturated heterocycles. The molecule has 5 nitrogen and oxygen atoms in total. The predicted octanol–water partition coefficient (Wildman–Crippen LogP) is 4.19. The molecule has 0 amide bonds. The van der Waals surface area contributed by atoms with Crippen LogP contribution in [0.1, 0.15) is 11.5 Å². The van der Waals surface area contributed by atoms with E-state index in [2.05, 4.69) is 20.8 Å². The summed E-state index contributed by atoms with van der Waals surface area (Å²) in [6, 6.07) is 15.2. The summed E-state index contributed by atoms with van der Waals surface area (Å²) in [6.45, 7) is 2.37. The van der Waals surface area contributed by atoms with E-state index in [1.54, 1.807) is 12.1 Å². The van der Waals surface area contributed by atoms with Gasteiger partial charge in [-0.05, 0) is 37.3 Å². The Morgan fingerprint density at radius 2 is 2.00 bits per heavy atom. The molecule has 0 aliphatic heterocycles. The van der Waals surface area contributed by atoms with E-state index in [9.17, 15) is 0 Å². The first-order valence-electron chi connectivity index (χ1n) is 7.30. The lowest BCUT2D eigenvalue weighted by Crippen LogP contribution is -2.27. The minimum atomic E-state index is 0.339. The van der Waals surface area contributed by atoms with Crippen LogP contribution in [-0.4, -0.2) is 15.3 Å². The summed E-state index contributed by atoms with van der Waals surface area (Å²) in [6.07, 6.45) is 0. The molecular weight excluding hydrogens is 344 g/mol. The van der Waals surface area contributed by atoms with Gasteiger partial charge in [-0.25, -0.2) is 0 Å². The van der Waals surface area contributed by atoms with Crippen LogP contribution in [0.3, 0.4) is 0 Å². The standard InChI is InChI=1S/C17H15ClN4OS/c1-11-5-7-12(8-6-11)16-21-15(23-22-16)10-19-17(24)20-14-4-2-3-13(18)9-14/h2-9H,10H2,1H3,(H2,19,20,24). The topological polar surface area (TPSA) is 63.0 Å². The molecule has 24 heavy (non-hydrogen) atoms. The van der Waals surface area contributed by atoms with Crippen LogP contribution in [0.25, 0.3) is 11.4 Å². The van der Waals surface area contributed by atoms with E-state index < -0.39 is 0 Å². The average molecular weight is 359 g/mol. The van der Waals surface area contributed by atoms with E-state index in [4.69, 9.17) is 28.3 Å². The Bertz CT molecular complexity index is 848. The lowest BCUT2D eigenvalue weighted by Gasteiger charge is -2.08. The average Bonchev–Trinajstić information content (AvgIpc) is 3.03. The number of aryl methyl sites for hydroxylation is 1. The van der Waals surface area contributed by atoms with Crippen molar-refractivity contribution < 1.29 is 4.52 Å². The molecule has 3 rings (SSSR count). The van der Waals surface area contributed by atoms with Gasteiger partial charge in [-0.1, -0.05) is 52.7 Å². The lowest BCUT2D eigenvalue weighted by atomic mass is 10.1. The maximum absolute atomic E-state index is 5.94. The normalized spacial score (nSPS) is 10.4. The van der Waals surface area contributed by atoms with Crippen molar-refractivity contribution in [3.05, 3.63) is 65.0 Å². The van der Waals surface area contributed by atoms with Crippen molar-refractivity contribution in [2.75, 3.05) is 5.32 Å². The highest BCUT2D eigenvalue weighted by molar-refractivity contribution is 7.80. The van der Waals surface area contributed by atoms with Gasteiger partial charge in [-0.15, -0.1) is 0 Å². The fourth-order valence-corrected chi connectivity index (χ4v) is 2.42. The van der Waals surface area contributed by atoms with Crippen LogP contribution in [0, 0.1) is 6.92 Å². The van der Waals surface area contributed by atoms with Crippen molar-refractivity contribution in [1.82, 2.24) is 15.5 Å². The van der Waals surface area contributed by atoms with Crippen LogP contribution in [0.15, 0.2) is 53.1 Å². The smallest absolute Gasteiger partial charge is 0.246 e. The second-order valence-electron chi connectivity index (χ2n) is 5.20. The van der Waals surface area contributed by atoms with Gasteiger partial charge in [0, 0.05) is 16.3 Å². The van der Waals surface area contributed by atoms with Crippen LogP contribution in [0.5, 0.6) is 0 Å². The summed E-state index contributed by atoms with van der Waals surface area (Å²) >= 11 is 11.2. The Kier molecular flexibility index (Phi) is 5.08. The van der Waals surface area contributed by atoms with Gasteiger partial charge in [0.05, 0.1) is 6.54 Å². The van der Waals surface area contributed by atoms with Crippen molar-refractivity contribution in [2.45, 2.75) is 13.5 Å². The number of halogens is 1. The van der Waals surface area contributed by atoms with E-state index in [1.165, 1.54) is 5.56 Å². The minimum absolute atomic E-state index is 0.339. The molecule has 122 valence electrons. The van der Waals surface area contributed by atoms with Crippen molar-refractivity contribution >= 4 is 34.6 Å². The van der Waals surface area contributed by atoms with Gasteiger partial charge < -0.3 is 15.2 Å². The molecule has 3 aromatic rings. The molecule has 7 heteroatoms. The summed E-state index contributed by atoms with van der Waals surface area (Å²) in [5.74, 6) is 1.02. The van der Waals surface area contributed by atoms with Gasteiger partial charge in [-0.3, -0.25) is 0 Å². The third-order valence-electron chi connectivity index (χ3n) is 3.26. The van der Waals surface area contributed by atoms with E-state index in [1.807, 2.05) is 43.3 Å². The molecule has 0 bridgehead atoms. The van der Waals surface area contributed by atoms with Crippen molar-refractivity contribution in [1.29, 1.82) is 0 Å². The zero-order chi connectivity index (χ0) is 16.9. The van der Waals surface area contributed by atoms with Crippen molar-refractivity contribution in [2.24, 2.45) is 0 Å². The SMILES string of the molecule is Cc1ccc(-c2noc(CNC(=S)Nc3cccc(Cl)c3)n2)cc1. The minimum Gasteiger partial charge on any atom is -0.353 e. The fraction of sp³-hybridized carbons (Fsp3) is 0.118. The van der Waals surface area contributed by atoms with Crippen LogP contribution in [0.2, 0.25) is 5.02 Å². The van der Waals surface area contributed by atoms with Gasteiger partial charge >= 0.3 is 0 Å². The Labute approximate surface area is 150 Å². The molecule has 0 aliphatic carbocycles. The number of hydrogen-bond donors (Lipinski definition) is 2. The third-order valence-corrected chi connectivity index (χ3v) is 3.74. The first kappa shape index (κ1) is 16.4. The predicted molar refractivity (Wildman–Crippen MR) is 99.0 cm³/mol. The van der Waals surface area contributed by atoms with Gasteiger partial charge in [0.1, 0.15) is 0 Å². The Morgan fingerprint density at radius 1 is 1.21 bits per heavy atom. The largest absolute Gasteiger partial charge is 0.353 e. The summed E-state index contributed by atoms with van der Waals surface area (Å²) in [5, 5.41) is 11.1. The molecular formula is C17H15ClN4OS. The number of nitrogens with one attached hydrogen (secondary N) is 2. The summed E-state index contributed by atoms with van der Waals surface area (Å²) in [7, 11) is 0. The summed E-state index contributed by atoms with van der Waals surface area (Å²) < 4.78 is 5.24. The number of thiocarbonyl (C=S) groups is 1. The molecule has 0 fully saturated rings. The molecule has 1 aromatic heterocycles. The Balaban J connectivity index is 1.57. The highest BCUT2D eigenvalue weighted by Crippen LogP contribution is 2.17. The Morgan fingerprint density at radius 3 is 2.75 bits per heavy atom. The third kappa shape index (κ3) is 4.31. The van der Waals surface area contributed by atoms with Crippen molar-refractivity contribution in [3.8, 4) is 11.4 Å². The highest BCUT2D eigenvalue weighted by Gasteiger charge is 2.09. The molecule has 0 atom stereocenters. The van der Waals surface area contributed by atoms with E-state index >= 15 is 0 Å². The molecule has 0 radical (unpaired) electrons. The summed E-state index contributed by atoms with van der Waals surface area (Å²) in [4.78, 5) is 4.35. The zero-order valence-electron chi connectivity index (χ0n) is 12.9. The fourth-order valence-electron chi connectivity index (χ4n) is 2.04. The van der Waals surface area contributed by atoms with E-state index in [0.717, 1.165) is 11.3 Å². The molecule has 2 aromatic carbocycles. The van der Waals surface area contributed by atoms with Crippen LogP contribution < -0.4 is 10.6 Å². The lowest BCUT2D eigenvalue weighted by molar-refractivity contribution is 0.376. The van der Waals surface area contributed by atoms with Gasteiger partial charge in [0.15, 0.2) is 5.11 Å². The van der Waals surface area contributed by atoms with E-state index in [-0.39, 0.29) is 0 Å². The number of nitrogens with zero attached hydrogens (tertiary/aromatic N) is 2. The van der Waals surface area contributed by atoms with E-state index in [0.29, 0.717) is 28.4 Å². The van der Waals surface area contributed by atoms with Gasteiger partial charge in [0.25, 0.3) is 0 Å². The number of anilines is 1. The second kappa shape index (κ2) is 7.42. The molecule has 1 heterocycles. The zero-order valence-corrected chi connectivity index (χ0v) is 14.5. The first-order chi connectivity index (χ1) is 11.6. The number of benzene rings is 2. The van der Waals surface area contributed by atoms with Crippen molar-refractivity contribution in [3.63, 3.8) is 0 Å². The Hall–Kier alpha value is -2.44. The highest BCUT2D eigenvalue weighted by atomic mass is 35.5. The number of hydrogen-bond acceptors (Lipinski definition) is 4. The maximum Gasteiger partial charge on any atom is 0.246 e. The molecule has 2 N–H and O–H groups in total. The quantitative estimate of drug-likeness (QED) is 0.682. The van der Waals surface area contributed by atoms with Gasteiger partial charge in [-0.2, -0.15) is 4.98 Å². The molecule has 0 unspecified atom stereocenters. The number of rotatable bonds is 4. The number of aromatic nitrogens is 2. The monoisotopic (exact) mass is 358 g/mol. The molecule has 0 saturated carbocycles. The second-order valence-corrected chi connectivity index (χ2v) is 6.04. The summed E-state index contributed by atoms with van der Waals surface area (Å²) in [5.41, 5.74) is 2.91. The first-order valence-corrected chi connectivity index (χ1v) is 8.09. The van der Waals surface area contributed by atoms with Gasteiger partial charge in [0.2, 0.25) is 11.7 Å². The van der Waals surface area contributed by atoms with Crippen LogP contribution in [-0.2, 0) is 6.54 Å². The maximum atomic E-state index is 5.94. The van der Waals surface area contributed by atoms with Crippen LogP contribution >= 0.6 is 23.8 Å². The van der Waals surface area contributed by atoms with Crippen LogP contribution in [0.4, 0.5) is 5.69 Å². The molecule has 0 aliphatic rings. The molecule has 0 spiro atoms.